The van der Waals surface area contributed by atoms with Crippen LogP contribution in [0.2, 0.25) is 0 Å². The first-order chi connectivity index (χ1) is 9.71. The van der Waals surface area contributed by atoms with Gasteiger partial charge in [-0.1, -0.05) is 0 Å². The number of H-pyrrole nitrogens is 1. The molecule has 0 atom stereocenters. The lowest BCUT2D eigenvalue weighted by Crippen LogP contribution is -1.99. The Balaban J connectivity index is 2.46. The van der Waals surface area contributed by atoms with Gasteiger partial charge in [-0.15, -0.1) is 0 Å². The molecule has 0 aliphatic carbocycles. The Hall–Kier alpha value is -2.50. The first kappa shape index (κ1) is 13.9. The summed E-state index contributed by atoms with van der Waals surface area (Å²) in [4.78, 5) is 11.1. The van der Waals surface area contributed by atoms with Crippen molar-refractivity contribution in [1.29, 1.82) is 0 Å². The maximum Gasteiger partial charge on any atom is 0.161 e. The first-order valence-electron chi connectivity index (χ1n) is 6.40. The smallest absolute Gasteiger partial charge is 0.161 e. The summed E-state index contributed by atoms with van der Waals surface area (Å²) in [6.07, 6.45) is 0.685. The molecule has 1 heterocycles. The molecule has 0 bridgehead atoms. The van der Waals surface area contributed by atoms with E-state index in [9.17, 15) is 4.79 Å². The lowest BCUT2D eigenvalue weighted by atomic mass is 10.1. The van der Waals surface area contributed by atoms with Crippen LogP contribution in [0.1, 0.15) is 24.2 Å². The number of nitrogens with one attached hydrogen (secondary N) is 1. The highest BCUT2D eigenvalue weighted by molar-refractivity contribution is 5.91. The Kier molecular flexibility index (Phi) is 4.24. The summed E-state index contributed by atoms with van der Waals surface area (Å²) in [6.45, 7) is 4.88. The number of carbonyl (C=O) groups excluding carboxylic acids is 1. The third-order valence-corrected chi connectivity index (χ3v) is 2.78. The molecule has 0 saturated heterocycles. The molecule has 0 spiro atoms. The van der Waals surface area contributed by atoms with E-state index >= 15 is 0 Å². The van der Waals surface area contributed by atoms with Crippen molar-refractivity contribution in [2.45, 2.75) is 13.8 Å². The predicted octanol–water partition coefficient (Wildman–Crippen LogP) is 2.27. The molecule has 0 saturated carbocycles. The van der Waals surface area contributed by atoms with Gasteiger partial charge in [0.05, 0.1) is 24.5 Å². The van der Waals surface area contributed by atoms with Crippen molar-refractivity contribution < 1.29 is 14.3 Å². The largest absolute Gasteiger partial charge is 0.490 e. The number of nitrogen functional groups attached to an aromatic ring is 1. The number of aldehydes is 1. The number of carbonyl (C=O) groups is 1. The Labute approximate surface area is 116 Å². The van der Waals surface area contributed by atoms with Gasteiger partial charge in [-0.25, -0.2) is 0 Å². The molecule has 1 aromatic heterocycles. The third kappa shape index (κ3) is 2.59. The van der Waals surface area contributed by atoms with Gasteiger partial charge in [0.2, 0.25) is 0 Å². The summed E-state index contributed by atoms with van der Waals surface area (Å²) in [5.41, 5.74) is 7.32. The van der Waals surface area contributed by atoms with Gasteiger partial charge in [-0.2, -0.15) is 5.10 Å². The van der Waals surface area contributed by atoms with Crippen LogP contribution < -0.4 is 15.2 Å². The number of aromatic nitrogens is 2. The molecule has 0 unspecified atom stereocenters. The van der Waals surface area contributed by atoms with Crippen LogP contribution >= 0.6 is 0 Å². The Bertz CT molecular complexity index is 608. The number of hydrogen-bond acceptors (Lipinski definition) is 5. The van der Waals surface area contributed by atoms with Gasteiger partial charge < -0.3 is 15.2 Å². The molecule has 20 heavy (non-hydrogen) atoms. The lowest BCUT2D eigenvalue weighted by molar-refractivity contribution is 0.112. The molecule has 0 radical (unpaired) electrons. The number of anilines is 1. The molecule has 0 aliphatic rings. The van der Waals surface area contributed by atoms with Crippen LogP contribution in [0.4, 0.5) is 5.82 Å². The molecule has 6 nitrogen and oxygen atoms in total. The SMILES string of the molecule is CCOc1ccc(-c2[nH]nc(N)c2C=O)cc1OCC. The van der Waals surface area contributed by atoms with Gasteiger partial charge >= 0.3 is 0 Å². The normalized spacial score (nSPS) is 10.3. The zero-order valence-corrected chi connectivity index (χ0v) is 11.5. The average molecular weight is 275 g/mol. The quantitative estimate of drug-likeness (QED) is 0.789. The van der Waals surface area contributed by atoms with Crippen molar-refractivity contribution in [3.05, 3.63) is 23.8 Å². The molecule has 1 aromatic carbocycles. The van der Waals surface area contributed by atoms with Gasteiger partial charge in [-0.3, -0.25) is 9.89 Å². The minimum Gasteiger partial charge on any atom is -0.490 e. The molecule has 106 valence electrons. The van der Waals surface area contributed by atoms with Gasteiger partial charge in [0.15, 0.2) is 23.6 Å². The Morgan fingerprint density at radius 1 is 1.25 bits per heavy atom. The van der Waals surface area contributed by atoms with Crippen molar-refractivity contribution in [1.82, 2.24) is 10.2 Å². The zero-order chi connectivity index (χ0) is 14.5. The maximum atomic E-state index is 11.1. The molecule has 0 aliphatic heterocycles. The number of nitrogens with zero attached hydrogens (tertiary/aromatic N) is 1. The van der Waals surface area contributed by atoms with Crippen LogP contribution in [0.15, 0.2) is 18.2 Å². The van der Waals surface area contributed by atoms with E-state index in [2.05, 4.69) is 10.2 Å². The second-order valence-corrected chi connectivity index (χ2v) is 4.04. The molecular weight excluding hydrogens is 258 g/mol. The summed E-state index contributed by atoms with van der Waals surface area (Å²) in [5.74, 6) is 1.47. The van der Waals surface area contributed by atoms with E-state index in [1.54, 1.807) is 12.1 Å². The second kappa shape index (κ2) is 6.10. The van der Waals surface area contributed by atoms with Crippen molar-refractivity contribution in [2.24, 2.45) is 0 Å². The minimum absolute atomic E-state index is 0.182. The number of ether oxygens (including phenoxy) is 2. The minimum atomic E-state index is 0.182. The van der Waals surface area contributed by atoms with Crippen LogP contribution in [0.3, 0.4) is 0 Å². The van der Waals surface area contributed by atoms with Gasteiger partial charge in [0.1, 0.15) is 0 Å². The summed E-state index contributed by atoms with van der Waals surface area (Å²) in [5, 5.41) is 6.61. The lowest BCUT2D eigenvalue weighted by Gasteiger charge is -2.12. The summed E-state index contributed by atoms with van der Waals surface area (Å²) < 4.78 is 11.1. The number of nitrogens with two attached hydrogens (primary N) is 1. The van der Waals surface area contributed by atoms with Crippen molar-refractivity contribution >= 4 is 12.1 Å². The maximum absolute atomic E-state index is 11.1. The van der Waals surface area contributed by atoms with Crippen LogP contribution in [0.5, 0.6) is 11.5 Å². The topological polar surface area (TPSA) is 90.2 Å². The summed E-state index contributed by atoms with van der Waals surface area (Å²) in [7, 11) is 0. The molecule has 2 aromatic rings. The number of hydrogen-bond donors (Lipinski definition) is 2. The van der Waals surface area contributed by atoms with Crippen molar-refractivity contribution in [3.63, 3.8) is 0 Å². The average Bonchev–Trinajstić information content (AvgIpc) is 2.82. The second-order valence-electron chi connectivity index (χ2n) is 4.04. The molecule has 2 rings (SSSR count). The fourth-order valence-corrected chi connectivity index (χ4v) is 1.91. The summed E-state index contributed by atoms with van der Waals surface area (Å²) in [6, 6.07) is 5.43. The standard InChI is InChI=1S/C14H17N3O3/c1-3-19-11-6-5-9(7-12(11)20-4-2)13-10(8-18)14(15)17-16-13/h5-8H,3-4H2,1-2H3,(H3,15,16,17). The fraction of sp³-hybridized carbons (Fsp3) is 0.286. The van der Waals surface area contributed by atoms with E-state index in [-0.39, 0.29) is 5.82 Å². The zero-order valence-electron chi connectivity index (χ0n) is 11.5. The van der Waals surface area contributed by atoms with Crippen molar-refractivity contribution in [3.8, 4) is 22.8 Å². The number of aromatic amines is 1. The van der Waals surface area contributed by atoms with Gasteiger partial charge in [0, 0.05) is 5.56 Å². The van der Waals surface area contributed by atoms with E-state index in [1.165, 1.54) is 0 Å². The molecule has 6 heteroatoms. The monoisotopic (exact) mass is 275 g/mol. The predicted molar refractivity (Wildman–Crippen MR) is 76.2 cm³/mol. The van der Waals surface area contributed by atoms with Gasteiger partial charge in [0.25, 0.3) is 0 Å². The number of benzene rings is 1. The van der Waals surface area contributed by atoms with Crippen LogP contribution in [-0.2, 0) is 0 Å². The van der Waals surface area contributed by atoms with Crippen LogP contribution in [0.25, 0.3) is 11.3 Å². The summed E-state index contributed by atoms with van der Waals surface area (Å²) >= 11 is 0. The van der Waals surface area contributed by atoms with Crippen molar-refractivity contribution in [2.75, 3.05) is 18.9 Å². The molecule has 0 fully saturated rings. The fourth-order valence-electron chi connectivity index (χ4n) is 1.91. The van der Waals surface area contributed by atoms with E-state index in [4.69, 9.17) is 15.2 Å². The van der Waals surface area contributed by atoms with Gasteiger partial charge in [-0.05, 0) is 32.0 Å². The van der Waals surface area contributed by atoms with Crippen LogP contribution in [-0.4, -0.2) is 29.7 Å². The highest BCUT2D eigenvalue weighted by Crippen LogP contribution is 2.33. The molecular formula is C14H17N3O3. The van der Waals surface area contributed by atoms with E-state index in [0.29, 0.717) is 42.3 Å². The van der Waals surface area contributed by atoms with E-state index in [0.717, 1.165) is 5.56 Å². The highest BCUT2D eigenvalue weighted by atomic mass is 16.5. The Morgan fingerprint density at radius 2 is 1.95 bits per heavy atom. The number of rotatable bonds is 6. The van der Waals surface area contributed by atoms with Crippen LogP contribution in [0, 0.1) is 0 Å². The Morgan fingerprint density at radius 3 is 2.60 bits per heavy atom. The first-order valence-corrected chi connectivity index (χ1v) is 6.40. The molecule has 0 amide bonds. The van der Waals surface area contributed by atoms with E-state index in [1.807, 2.05) is 19.9 Å². The van der Waals surface area contributed by atoms with E-state index < -0.39 is 0 Å². The third-order valence-electron chi connectivity index (χ3n) is 2.78. The molecule has 3 N–H and O–H groups in total. The highest BCUT2D eigenvalue weighted by Gasteiger charge is 2.14.